The zero-order valence-corrected chi connectivity index (χ0v) is 13.3. The Labute approximate surface area is 131 Å². The van der Waals surface area contributed by atoms with E-state index in [-0.39, 0.29) is 0 Å². The van der Waals surface area contributed by atoms with E-state index in [0.29, 0.717) is 17.0 Å². The first-order chi connectivity index (χ1) is 10.0. The number of carbonyl (C=O) groups is 1. The summed E-state index contributed by atoms with van der Waals surface area (Å²) in [6.45, 7) is 2.28. The van der Waals surface area contributed by atoms with Crippen LogP contribution < -0.4 is 4.90 Å². The third kappa shape index (κ3) is 3.79. The van der Waals surface area contributed by atoms with Gasteiger partial charge >= 0.3 is 5.97 Å². The van der Waals surface area contributed by atoms with Crippen molar-refractivity contribution in [2.24, 2.45) is 5.92 Å². The van der Waals surface area contributed by atoms with Crippen LogP contribution in [0.3, 0.4) is 0 Å². The van der Waals surface area contributed by atoms with Crippen LogP contribution in [0.4, 0.5) is 5.69 Å². The number of para-hydroxylation sites is 1. The highest BCUT2D eigenvalue weighted by molar-refractivity contribution is 6.33. The predicted octanol–water partition coefficient (Wildman–Crippen LogP) is 4.45. The molecule has 0 heterocycles. The lowest BCUT2D eigenvalue weighted by atomic mass is 9.84. The Morgan fingerprint density at radius 2 is 2.10 bits per heavy atom. The Hall–Kier alpha value is -1.48. The maximum absolute atomic E-state index is 10.8. The van der Waals surface area contributed by atoms with Crippen LogP contribution in [0.15, 0.2) is 24.3 Å². The average molecular weight is 308 g/mol. The van der Waals surface area contributed by atoms with E-state index in [1.54, 1.807) is 6.08 Å². The molecule has 0 aliphatic heterocycles. The number of anilines is 1. The summed E-state index contributed by atoms with van der Waals surface area (Å²) in [6.07, 6.45) is 7.70. The summed E-state index contributed by atoms with van der Waals surface area (Å²) in [5.74, 6) is -0.328. The van der Waals surface area contributed by atoms with Gasteiger partial charge in [0.2, 0.25) is 0 Å². The van der Waals surface area contributed by atoms with Crippen molar-refractivity contribution in [1.82, 2.24) is 0 Å². The lowest BCUT2D eigenvalue weighted by molar-refractivity contribution is -0.131. The van der Waals surface area contributed by atoms with Gasteiger partial charge < -0.3 is 10.0 Å². The predicted molar refractivity (Wildman–Crippen MR) is 87.9 cm³/mol. The molecule has 4 heteroatoms. The van der Waals surface area contributed by atoms with E-state index >= 15 is 0 Å². The van der Waals surface area contributed by atoms with Crippen LogP contribution in [-0.2, 0) is 4.79 Å². The molecule has 0 radical (unpaired) electrons. The highest BCUT2D eigenvalue weighted by atomic mass is 35.5. The van der Waals surface area contributed by atoms with Crippen molar-refractivity contribution in [3.8, 4) is 0 Å². The molecule has 2 rings (SSSR count). The highest BCUT2D eigenvalue weighted by Crippen LogP contribution is 2.36. The van der Waals surface area contributed by atoms with Crippen LogP contribution in [0.25, 0.3) is 6.08 Å². The average Bonchev–Trinajstić information content (AvgIpc) is 2.45. The summed E-state index contributed by atoms with van der Waals surface area (Å²) in [5, 5.41) is 9.50. The number of hydrogen-bond donors (Lipinski definition) is 1. The number of aliphatic carboxylic acids is 1. The van der Waals surface area contributed by atoms with E-state index in [0.717, 1.165) is 23.7 Å². The van der Waals surface area contributed by atoms with E-state index in [9.17, 15) is 4.79 Å². The van der Waals surface area contributed by atoms with Gasteiger partial charge in [0.15, 0.2) is 0 Å². The molecule has 1 fully saturated rings. The van der Waals surface area contributed by atoms with E-state index < -0.39 is 5.97 Å². The molecule has 0 amide bonds. The molecule has 1 N–H and O–H groups in total. The first-order valence-corrected chi connectivity index (χ1v) is 7.81. The number of carboxylic acid groups (broad SMARTS) is 1. The van der Waals surface area contributed by atoms with E-state index in [1.165, 1.54) is 19.3 Å². The van der Waals surface area contributed by atoms with Gasteiger partial charge in [-0.2, -0.15) is 0 Å². The van der Waals surface area contributed by atoms with Crippen LogP contribution in [0.2, 0.25) is 5.02 Å². The summed E-state index contributed by atoms with van der Waals surface area (Å²) >= 11 is 6.38. The lowest BCUT2D eigenvalue weighted by Gasteiger charge is -2.38. The van der Waals surface area contributed by atoms with Gasteiger partial charge in [-0.3, -0.25) is 0 Å². The second kappa shape index (κ2) is 6.99. The van der Waals surface area contributed by atoms with Crippen molar-refractivity contribution < 1.29 is 9.90 Å². The minimum Gasteiger partial charge on any atom is -0.478 e. The molecule has 0 aromatic heterocycles. The fourth-order valence-corrected chi connectivity index (χ4v) is 3.55. The molecule has 1 aliphatic carbocycles. The largest absolute Gasteiger partial charge is 0.478 e. The van der Waals surface area contributed by atoms with Crippen molar-refractivity contribution in [2.75, 3.05) is 11.9 Å². The van der Waals surface area contributed by atoms with Crippen molar-refractivity contribution in [3.05, 3.63) is 34.9 Å². The van der Waals surface area contributed by atoms with Gasteiger partial charge in [-0.15, -0.1) is 0 Å². The quantitative estimate of drug-likeness (QED) is 0.835. The number of halogens is 1. The van der Waals surface area contributed by atoms with Crippen LogP contribution in [0.5, 0.6) is 0 Å². The highest BCUT2D eigenvalue weighted by Gasteiger charge is 2.27. The molecule has 0 saturated heterocycles. The van der Waals surface area contributed by atoms with Gasteiger partial charge in [0.25, 0.3) is 0 Å². The van der Waals surface area contributed by atoms with Crippen molar-refractivity contribution in [1.29, 1.82) is 0 Å². The summed E-state index contributed by atoms with van der Waals surface area (Å²) in [5.41, 5.74) is 1.78. The first-order valence-electron chi connectivity index (χ1n) is 7.43. The molecule has 2 unspecified atom stereocenters. The monoisotopic (exact) mass is 307 g/mol. The molecule has 1 saturated carbocycles. The fraction of sp³-hybridized carbons (Fsp3) is 0.471. The number of rotatable bonds is 4. The third-order valence-electron chi connectivity index (χ3n) is 4.34. The SMILES string of the molecule is CC1CCCCC1N(C)c1c(Cl)cccc1/C=C/C(=O)O. The number of carboxylic acids is 1. The topological polar surface area (TPSA) is 40.5 Å². The summed E-state index contributed by atoms with van der Waals surface area (Å²) in [4.78, 5) is 13.0. The summed E-state index contributed by atoms with van der Waals surface area (Å²) in [7, 11) is 2.06. The molecule has 114 valence electrons. The summed E-state index contributed by atoms with van der Waals surface area (Å²) in [6, 6.07) is 6.07. The fourth-order valence-electron chi connectivity index (χ4n) is 3.24. The van der Waals surface area contributed by atoms with Crippen LogP contribution in [-0.4, -0.2) is 24.2 Å². The molecule has 1 aromatic rings. The van der Waals surface area contributed by atoms with E-state index in [1.807, 2.05) is 18.2 Å². The van der Waals surface area contributed by atoms with Gasteiger partial charge in [0.05, 0.1) is 10.7 Å². The van der Waals surface area contributed by atoms with Crippen LogP contribution in [0.1, 0.15) is 38.2 Å². The first kappa shape index (κ1) is 15.9. The van der Waals surface area contributed by atoms with Gasteiger partial charge in [0.1, 0.15) is 0 Å². The lowest BCUT2D eigenvalue weighted by Crippen LogP contribution is -2.39. The maximum Gasteiger partial charge on any atom is 0.328 e. The standard InChI is InChI=1S/C17H22ClNO2/c1-12-6-3-4-9-15(12)19(2)17-13(10-11-16(20)21)7-5-8-14(17)18/h5,7-8,10-12,15H,3-4,6,9H2,1-2H3,(H,20,21)/b11-10+. The zero-order valence-electron chi connectivity index (χ0n) is 12.6. The van der Waals surface area contributed by atoms with Gasteiger partial charge in [0, 0.05) is 19.2 Å². The van der Waals surface area contributed by atoms with Gasteiger partial charge in [-0.1, -0.05) is 43.5 Å². The zero-order chi connectivity index (χ0) is 15.4. The van der Waals surface area contributed by atoms with Gasteiger partial charge in [-0.25, -0.2) is 4.79 Å². The van der Waals surface area contributed by atoms with E-state index in [4.69, 9.17) is 16.7 Å². The molecular weight excluding hydrogens is 286 g/mol. The maximum atomic E-state index is 10.8. The second-order valence-electron chi connectivity index (χ2n) is 5.79. The number of benzene rings is 1. The third-order valence-corrected chi connectivity index (χ3v) is 4.64. The van der Waals surface area contributed by atoms with Crippen LogP contribution >= 0.6 is 11.6 Å². The Morgan fingerprint density at radius 1 is 1.38 bits per heavy atom. The smallest absolute Gasteiger partial charge is 0.328 e. The Balaban J connectivity index is 2.34. The second-order valence-corrected chi connectivity index (χ2v) is 6.20. The van der Waals surface area contributed by atoms with Crippen LogP contribution in [0, 0.1) is 5.92 Å². The molecule has 21 heavy (non-hydrogen) atoms. The van der Waals surface area contributed by atoms with Crippen molar-refractivity contribution in [3.63, 3.8) is 0 Å². The Kier molecular flexibility index (Phi) is 5.29. The van der Waals surface area contributed by atoms with Crippen molar-refractivity contribution in [2.45, 2.75) is 38.6 Å². The molecule has 1 aliphatic rings. The molecular formula is C17H22ClNO2. The number of hydrogen-bond acceptors (Lipinski definition) is 2. The Bertz CT molecular complexity index is 542. The number of nitrogens with zero attached hydrogens (tertiary/aromatic N) is 1. The minimum absolute atomic E-state index is 0.454. The molecule has 0 spiro atoms. The molecule has 3 nitrogen and oxygen atoms in total. The normalized spacial score (nSPS) is 22.4. The van der Waals surface area contributed by atoms with Gasteiger partial charge in [-0.05, 0) is 36.5 Å². The summed E-state index contributed by atoms with van der Waals surface area (Å²) < 4.78 is 0. The molecule has 0 bridgehead atoms. The van der Waals surface area contributed by atoms with Crippen molar-refractivity contribution >= 4 is 29.3 Å². The minimum atomic E-state index is -0.949. The Morgan fingerprint density at radius 3 is 2.76 bits per heavy atom. The molecule has 2 atom stereocenters. The van der Waals surface area contributed by atoms with E-state index in [2.05, 4.69) is 18.9 Å². The molecule has 1 aromatic carbocycles.